The molecular formula is C9H24O2Si2. The van der Waals surface area contributed by atoms with Crippen LogP contribution in [0.15, 0.2) is 0 Å². The highest BCUT2D eigenvalue weighted by Gasteiger charge is 2.43. The summed E-state index contributed by atoms with van der Waals surface area (Å²) in [5.74, 6) is 0. The first-order valence-corrected chi connectivity index (χ1v) is 11.1. The summed E-state index contributed by atoms with van der Waals surface area (Å²) in [5, 5.41) is -0.104. The van der Waals surface area contributed by atoms with Gasteiger partial charge in [-0.2, -0.15) is 0 Å². The summed E-state index contributed by atoms with van der Waals surface area (Å²) in [6, 6.07) is 0. The summed E-state index contributed by atoms with van der Waals surface area (Å²) in [4.78, 5) is 0. The molecular weight excluding hydrogens is 196 g/mol. The van der Waals surface area contributed by atoms with Gasteiger partial charge in [-0.25, -0.2) is 0 Å². The van der Waals surface area contributed by atoms with E-state index >= 15 is 0 Å². The van der Waals surface area contributed by atoms with Crippen molar-refractivity contribution in [3.8, 4) is 0 Å². The third-order valence-corrected chi connectivity index (χ3v) is 10.1. The zero-order valence-corrected chi connectivity index (χ0v) is 12.3. The van der Waals surface area contributed by atoms with Crippen LogP contribution in [0.1, 0.15) is 13.8 Å². The van der Waals surface area contributed by atoms with Crippen LogP contribution in [0.25, 0.3) is 0 Å². The number of hydrogen-bond acceptors (Lipinski definition) is 2. The van der Waals surface area contributed by atoms with Crippen LogP contribution in [0.5, 0.6) is 0 Å². The van der Waals surface area contributed by atoms with Crippen molar-refractivity contribution in [2.24, 2.45) is 0 Å². The van der Waals surface area contributed by atoms with E-state index < -0.39 is 16.6 Å². The molecule has 0 radical (unpaired) electrons. The molecule has 0 aromatic rings. The molecule has 0 fully saturated rings. The Morgan fingerprint density at radius 3 is 1.54 bits per heavy atom. The Morgan fingerprint density at radius 2 is 1.31 bits per heavy atom. The van der Waals surface area contributed by atoms with Crippen LogP contribution in [-0.2, 0) is 8.85 Å². The molecule has 0 atom stereocenters. The summed E-state index contributed by atoms with van der Waals surface area (Å²) >= 11 is 0. The molecule has 0 saturated heterocycles. The molecule has 0 amide bonds. The van der Waals surface area contributed by atoms with Crippen LogP contribution in [-0.4, -0.2) is 29.0 Å². The van der Waals surface area contributed by atoms with Crippen LogP contribution < -0.4 is 0 Å². The summed E-state index contributed by atoms with van der Waals surface area (Å²) in [5.41, 5.74) is 0. The predicted octanol–water partition coefficient (Wildman–Crippen LogP) is 3.01. The number of ether oxygens (including phenoxy) is 1. The van der Waals surface area contributed by atoms with Crippen LogP contribution in [0, 0.1) is 0 Å². The highest BCUT2D eigenvalue weighted by molar-refractivity contribution is 6.85. The summed E-state index contributed by atoms with van der Waals surface area (Å²) in [7, 11) is -1.40. The molecule has 0 N–H and O–H groups in total. The fourth-order valence-corrected chi connectivity index (χ4v) is 8.73. The lowest BCUT2D eigenvalue weighted by Crippen LogP contribution is -2.58. The molecule has 0 aliphatic carbocycles. The van der Waals surface area contributed by atoms with E-state index in [-0.39, 0.29) is 5.22 Å². The molecule has 0 aliphatic rings. The van der Waals surface area contributed by atoms with Crippen molar-refractivity contribution in [2.45, 2.75) is 51.8 Å². The second-order valence-corrected chi connectivity index (χ2v) is 14.7. The number of hydrogen-bond donors (Lipinski definition) is 0. The van der Waals surface area contributed by atoms with Gasteiger partial charge in [0.2, 0.25) is 8.32 Å². The molecule has 0 rings (SSSR count). The van der Waals surface area contributed by atoms with Gasteiger partial charge in [0.25, 0.3) is 0 Å². The van der Waals surface area contributed by atoms with Crippen LogP contribution in [0.4, 0.5) is 0 Å². The van der Waals surface area contributed by atoms with E-state index in [9.17, 15) is 0 Å². The van der Waals surface area contributed by atoms with Gasteiger partial charge in [0, 0.05) is 7.11 Å². The molecule has 0 aromatic heterocycles. The fourth-order valence-electron chi connectivity index (χ4n) is 1.13. The maximum Gasteiger partial charge on any atom is 0.205 e. The Bertz CT molecular complexity index is 171. The Labute approximate surface area is 84.9 Å². The zero-order valence-electron chi connectivity index (χ0n) is 10.3. The first-order chi connectivity index (χ1) is 5.52. The molecule has 0 heterocycles. The van der Waals surface area contributed by atoms with Crippen LogP contribution in [0.3, 0.4) is 0 Å². The van der Waals surface area contributed by atoms with Gasteiger partial charge in [0.05, 0.1) is 5.22 Å². The number of rotatable bonds is 4. The van der Waals surface area contributed by atoms with Gasteiger partial charge < -0.3 is 8.85 Å². The smallest absolute Gasteiger partial charge is 0.205 e. The molecule has 0 aliphatic heterocycles. The Balaban J connectivity index is 4.58. The van der Waals surface area contributed by atoms with E-state index in [0.29, 0.717) is 0 Å². The Morgan fingerprint density at radius 1 is 0.923 bits per heavy atom. The van der Waals surface area contributed by atoms with Crippen molar-refractivity contribution in [3.63, 3.8) is 0 Å². The van der Waals surface area contributed by atoms with Gasteiger partial charge in [0.15, 0.2) is 8.32 Å². The van der Waals surface area contributed by atoms with Crippen LogP contribution >= 0.6 is 0 Å². The third-order valence-electron chi connectivity index (χ3n) is 2.52. The first kappa shape index (κ1) is 13.4. The van der Waals surface area contributed by atoms with Crippen LogP contribution in [0.2, 0.25) is 32.7 Å². The van der Waals surface area contributed by atoms with Gasteiger partial charge in [-0.15, -0.1) is 0 Å². The first-order valence-electron chi connectivity index (χ1n) is 4.77. The lowest BCUT2D eigenvalue weighted by molar-refractivity contribution is 0.0729. The molecule has 2 nitrogen and oxygen atoms in total. The maximum atomic E-state index is 6.23. The molecule has 0 bridgehead atoms. The van der Waals surface area contributed by atoms with Crippen molar-refractivity contribution < 1.29 is 8.85 Å². The molecule has 13 heavy (non-hydrogen) atoms. The lowest BCUT2D eigenvalue weighted by Gasteiger charge is -2.42. The van der Waals surface area contributed by atoms with Crippen molar-refractivity contribution in [1.29, 1.82) is 0 Å². The number of methoxy groups -OCH3 is 1. The minimum atomic E-state index is -1.73. The normalized spacial score (nSPS) is 14.8. The fraction of sp³-hybridized carbons (Fsp3) is 1.00. The van der Waals surface area contributed by atoms with Gasteiger partial charge in [-0.3, -0.25) is 0 Å². The third kappa shape index (κ3) is 3.93. The monoisotopic (exact) mass is 220 g/mol. The molecule has 0 unspecified atom stereocenters. The van der Waals surface area contributed by atoms with Gasteiger partial charge in [-0.05, 0) is 46.6 Å². The Kier molecular flexibility index (Phi) is 3.95. The minimum absolute atomic E-state index is 0.104. The minimum Gasteiger partial charge on any atom is -0.454 e. The van der Waals surface area contributed by atoms with Gasteiger partial charge in [0.1, 0.15) is 0 Å². The summed E-state index contributed by atoms with van der Waals surface area (Å²) < 4.78 is 11.7. The standard InChI is InChI=1S/C9H24O2Si2/c1-9(2,10-3)13(7,8)11-12(4,5)6/h1-8H3. The zero-order chi connectivity index (χ0) is 10.9. The molecule has 0 spiro atoms. The summed E-state index contributed by atoms with van der Waals surface area (Å²) in [6.45, 7) is 15.4. The summed E-state index contributed by atoms with van der Waals surface area (Å²) in [6.07, 6.45) is 0. The highest BCUT2D eigenvalue weighted by Crippen LogP contribution is 2.27. The topological polar surface area (TPSA) is 18.5 Å². The molecule has 0 saturated carbocycles. The van der Waals surface area contributed by atoms with Gasteiger partial charge >= 0.3 is 0 Å². The van der Waals surface area contributed by atoms with E-state index in [0.717, 1.165) is 0 Å². The van der Waals surface area contributed by atoms with E-state index in [4.69, 9.17) is 8.85 Å². The second kappa shape index (κ2) is 3.84. The second-order valence-electron chi connectivity index (χ2n) is 5.44. The van der Waals surface area contributed by atoms with E-state index in [1.807, 2.05) is 0 Å². The average molecular weight is 220 g/mol. The van der Waals surface area contributed by atoms with E-state index in [1.54, 1.807) is 7.11 Å². The van der Waals surface area contributed by atoms with Crippen molar-refractivity contribution in [1.82, 2.24) is 0 Å². The highest BCUT2D eigenvalue weighted by atomic mass is 28.4. The predicted molar refractivity (Wildman–Crippen MR) is 63.0 cm³/mol. The largest absolute Gasteiger partial charge is 0.454 e. The van der Waals surface area contributed by atoms with Crippen molar-refractivity contribution in [3.05, 3.63) is 0 Å². The van der Waals surface area contributed by atoms with Crippen molar-refractivity contribution >= 4 is 16.6 Å². The quantitative estimate of drug-likeness (QED) is 0.678. The molecule has 0 aromatic carbocycles. The Hall–Kier alpha value is 0.354. The van der Waals surface area contributed by atoms with Crippen molar-refractivity contribution in [2.75, 3.05) is 7.11 Å². The molecule has 80 valence electrons. The average Bonchev–Trinajstić information content (AvgIpc) is 1.81. The molecule has 4 heteroatoms. The van der Waals surface area contributed by atoms with E-state index in [1.165, 1.54) is 0 Å². The SMILES string of the molecule is COC(C)(C)[Si](C)(C)O[Si](C)(C)C. The van der Waals surface area contributed by atoms with E-state index in [2.05, 4.69) is 46.6 Å². The van der Waals surface area contributed by atoms with Gasteiger partial charge in [-0.1, -0.05) is 0 Å². The lowest BCUT2D eigenvalue weighted by atomic mass is 10.5. The maximum absolute atomic E-state index is 6.23.